The number of carbonyl (C=O) groups excluding carboxylic acids is 1. The number of carbonyl (C=O) groups is 1. The molecule has 128 valence electrons. The van der Waals surface area contributed by atoms with Crippen LogP contribution in [0.5, 0.6) is 5.75 Å². The van der Waals surface area contributed by atoms with Crippen molar-refractivity contribution in [1.82, 2.24) is 24.9 Å². The van der Waals surface area contributed by atoms with Gasteiger partial charge in [0.25, 0.3) is 5.78 Å². The second kappa shape index (κ2) is 6.16. The largest absolute Gasteiger partial charge is 0.488 e. The Hall–Kier alpha value is -2.96. The minimum Gasteiger partial charge on any atom is -0.488 e. The van der Waals surface area contributed by atoms with E-state index in [0.717, 1.165) is 23.6 Å². The number of hydrogen-bond donors (Lipinski definition) is 1. The van der Waals surface area contributed by atoms with E-state index in [1.807, 2.05) is 38.1 Å². The van der Waals surface area contributed by atoms with Gasteiger partial charge in [0.1, 0.15) is 11.9 Å². The van der Waals surface area contributed by atoms with Gasteiger partial charge in [-0.15, -0.1) is 5.10 Å². The Kier molecular flexibility index (Phi) is 3.83. The van der Waals surface area contributed by atoms with E-state index in [9.17, 15) is 4.79 Å². The molecule has 1 aliphatic heterocycles. The molecular weight excluding hydrogens is 318 g/mol. The lowest BCUT2D eigenvalue weighted by atomic mass is 10.1. The monoisotopic (exact) mass is 337 g/mol. The molecule has 1 aliphatic rings. The van der Waals surface area contributed by atoms with Gasteiger partial charge in [0, 0.05) is 17.8 Å². The van der Waals surface area contributed by atoms with Crippen LogP contribution in [0.1, 0.15) is 22.8 Å². The van der Waals surface area contributed by atoms with Crippen molar-refractivity contribution in [1.29, 1.82) is 0 Å². The highest BCUT2D eigenvalue weighted by Crippen LogP contribution is 2.27. The van der Waals surface area contributed by atoms with Crippen LogP contribution in [0.15, 0.2) is 30.3 Å². The molecule has 0 radical (unpaired) electrons. The molecule has 1 unspecified atom stereocenters. The standard InChI is InChI=1S/C18H19N5O2/c1-11-7-12(2)23-18(20-11)21-16(22-23)9-17(24)19-10-14-8-13-5-3-4-6-15(13)25-14/h3-7,14H,8-10H2,1-2H3,(H,19,24). The fraction of sp³-hybridized carbons (Fsp3) is 0.333. The smallest absolute Gasteiger partial charge is 0.252 e. The third-order valence-corrected chi connectivity index (χ3v) is 4.22. The molecule has 3 heterocycles. The maximum Gasteiger partial charge on any atom is 0.252 e. The van der Waals surface area contributed by atoms with E-state index in [-0.39, 0.29) is 18.4 Å². The summed E-state index contributed by atoms with van der Waals surface area (Å²) in [5.41, 5.74) is 3.01. The Morgan fingerprint density at radius 3 is 3.00 bits per heavy atom. The van der Waals surface area contributed by atoms with Crippen LogP contribution in [0.4, 0.5) is 0 Å². The second-order valence-corrected chi connectivity index (χ2v) is 6.31. The van der Waals surface area contributed by atoms with Gasteiger partial charge in [0.2, 0.25) is 5.91 Å². The van der Waals surface area contributed by atoms with Crippen molar-refractivity contribution in [2.75, 3.05) is 6.54 Å². The van der Waals surface area contributed by atoms with Crippen LogP contribution in [0.3, 0.4) is 0 Å². The highest BCUT2D eigenvalue weighted by molar-refractivity contribution is 5.77. The van der Waals surface area contributed by atoms with Crippen molar-refractivity contribution in [2.45, 2.75) is 32.8 Å². The molecule has 1 aromatic carbocycles. The molecule has 25 heavy (non-hydrogen) atoms. The number of nitrogens with one attached hydrogen (secondary N) is 1. The summed E-state index contributed by atoms with van der Waals surface area (Å²) in [5.74, 6) is 1.77. The van der Waals surface area contributed by atoms with Crippen molar-refractivity contribution < 1.29 is 9.53 Å². The topological polar surface area (TPSA) is 81.4 Å². The van der Waals surface area contributed by atoms with E-state index in [1.54, 1.807) is 4.52 Å². The van der Waals surface area contributed by atoms with Crippen LogP contribution in [0, 0.1) is 13.8 Å². The SMILES string of the molecule is Cc1cc(C)n2nc(CC(=O)NCC3Cc4ccccc4O3)nc2n1. The van der Waals surface area contributed by atoms with Crippen molar-refractivity contribution in [3.05, 3.63) is 53.1 Å². The second-order valence-electron chi connectivity index (χ2n) is 6.31. The van der Waals surface area contributed by atoms with Crippen molar-refractivity contribution in [2.24, 2.45) is 0 Å². The van der Waals surface area contributed by atoms with Crippen molar-refractivity contribution in [3.8, 4) is 5.75 Å². The Labute approximate surface area is 145 Å². The third kappa shape index (κ3) is 3.17. The van der Waals surface area contributed by atoms with Crippen LogP contribution in [0.2, 0.25) is 0 Å². The number of aromatic nitrogens is 4. The number of hydrogen-bond acceptors (Lipinski definition) is 5. The lowest BCUT2D eigenvalue weighted by Gasteiger charge is -2.11. The minimum atomic E-state index is -0.121. The van der Waals surface area contributed by atoms with E-state index in [4.69, 9.17) is 4.74 Å². The third-order valence-electron chi connectivity index (χ3n) is 4.22. The van der Waals surface area contributed by atoms with Crippen LogP contribution in [-0.4, -0.2) is 38.1 Å². The first kappa shape index (κ1) is 15.6. The first-order chi connectivity index (χ1) is 12.1. The quantitative estimate of drug-likeness (QED) is 0.778. The van der Waals surface area contributed by atoms with Gasteiger partial charge in [-0.05, 0) is 31.5 Å². The van der Waals surface area contributed by atoms with Gasteiger partial charge in [0.05, 0.1) is 13.0 Å². The van der Waals surface area contributed by atoms with Gasteiger partial charge in [-0.25, -0.2) is 9.50 Å². The Morgan fingerprint density at radius 1 is 1.32 bits per heavy atom. The maximum absolute atomic E-state index is 12.2. The van der Waals surface area contributed by atoms with E-state index in [1.165, 1.54) is 5.56 Å². The molecule has 2 aromatic heterocycles. The van der Waals surface area contributed by atoms with Gasteiger partial charge >= 0.3 is 0 Å². The Balaban J connectivity index is 1.36. The lowest BCUT2D eigenvalue weighted by Crippen LogP contribution is -2.35. The van der Waals surface area contributed by atoms with Crippen molar-refractivity contribution in [3.63, 3.8) is 0 Å². The molecule has 0 aliphatic carbocycles. The van der Waals surface area contributed by atoms with E-state index in [2.05, 4.69) is 26.4 Å². The lowest BCUT2D eigenvalue weighted by molar-refractivity contribution is -0.120. The summed E-state index contributed by atoms with van der Waals surface area (Å²) in [6.07, 6.45) is 0.911. The normalized spacial score (nSPS) is 15.8. The maximum atomic E-state index is 12.2. The highest BCUT2D eigenvalue weighted by atomic mass is 16.5. The van der Waals surface area contributed by atoms with E-state index < -0.39 is 0 Å². The number of benzene rings is 1. The van der Waals surface area contributed by atoms with Gasteiger partial charge in [0.15, 0.2) is 5.82 Å². The number of fused-ring (bicyclic) bond motifs is 2. The average molecular weight is 337 g/mol. The summed E-state index contributed by atoms with van der Waals surface area (Å²) in [4.78, 5) is 20.9. The zero-order chi connectivity index (χ0) is 17.4. The first-order valence-electron chi connectivity index (χ1n) is 8.29. The summed E-state index contributed by atoms with van der Waals surface area (Å²) in [6.45, 7) is 4.32. The predicted octanol–water partition coefficient (Wildman–Crippen LogP) is 1.40. The summed E-state index contributed by atoms with van der Waals surface area (Å²) in [5, 5.41) is 7.26. The zero-order valence-corrected chi connectivity index (χ0v) is 14.2. The number of nitrogens with zero attached hydrogens (tertiary/aromatic N) is 4. The molecule has 0 fully saturated rings. The average Bonchev–Trinajstić information content (AvgIpc) is 3.16. The van der Waals surface area contributed by atoms with Gasteiger partial charge < -0.3 is 10.1 Å². The molecule has 3 aromatic rings. The van der Waals surface area contributed by atoms with Crippen LogP contribution in [0.25, 0.3) is 5.78 Å². The Bertz CT molecular complexity index is 925. The molecule has 1 atom stereocenters. The molecular formula is C18H19N5O2. The van der Waals surface area contributed by atoms with Crippen LogP contribution >= 0.6 is 0 Å². The zero-order valence-electron chi connectivity index (χ0n) is 14.2. The summed E-state index contributed by atoms with van der Waals surface area (Å²) < 4.78 is 7.48. The minimum absolute atomic E-state index is 0.0260. The van der Waals surface area contributed by atoms with Gasteiger partial charge in [-0.2, -0.15) is 4.98 Å². The van der Waals surface area contributed by atoms with Gasteiger partial charge in [-0.1, -0.05) is 18.2 Å². The summed E-state index contributed by atoms with van der Waals surface area (Å²) in [6, 6.07) is 9.88. The molecule has 0 spiro atoms. The fourth-order valence-electron chi connectivity index (χ4n) is 3.08. The van der Waals surface area contributed by atoms with E-state index in [0.29, 0.717) is 18.1 Å². The summed E-state index contributed by atoms with van der Waals surface area (Å²) in [7, 11) is 0. The first-order valence-corrected chi connectivity index (χ1v) is 8.29. The molecule has 0 saturated carbocycles. The number of rotatable bonds is 4. The molecule has 1 N–H and O–H groups in total. The van der Waals surface area contributed by atoms with E-state index >= 15 is 0 Å². The fourth-order valence-corrected chi connectivity index (χ4v) is 3.08. The molecule has 7 nitrogen and oxygen atoms in total. The van der Waals surface area contributed by atoms with Crippen molar-refractivity contribution >= 4 is 11.7 Å². The van der Waals surface area contributed by atoms with Crippen LogP contribution in [-0.2, 0) is 17.6 Å². The highest BCUT2D eigenvalue weighted by Gasteiger charge is 2.23. The molecule has 1 amide bonds. The predicted molar refractivity (Wildman–Crippen MR) is 91.5 cm³/mol. The number of aryl methyl sites for hydroxylation is 2. The number of ether oxygens (including phenoxy) is 1. The number of para-hydroxylation sites is 1. The van der Waals surface area contributed by atoms with Crippen LogP contribution < -0.4 is 10.1 Å². The molecule has 0 saturated heterocycles. The Morgan fingerprint density at radius 2 is 2.16 bits per heavy atom. The molecule has 0 bridgehead atoms. The molecule has 7 heteroatoms. The summed E-state index contributed by atoms with van der Waals surface area (Å²) >= 11 is 0. The molecule has 4 rings (SSSR count). The number of amides is 1. The van der Waals surface area contributed by atoms with Gasteiger partial charge in [-0.3, -0.25) is 4.79 Å².